The van der Waals surface area contributed by atoms with Gasteiger partial charge in [0.2, 0.25) is 0 Å². The van der Waals surface area contributed by atoms with E-state index in [-0.39, 0.29) is 15.8 Å². The third-order valence-electron chi connectivity index (χ3n) is 1.63. The number of amides is 1. The molecule has 7 N–H and O–H groups in total. The number of anilines is 1. The molecule has 1 amide bonds. The first kappa shape index (κ1) is 19.3. The fourth-order valence-corrected chi connectivity index (χ4v) is 2.18. The summed E-state index contributed by atoms with van der Waals surface area (Å²) in [4.78, 5) is 33.4. The number of phenolic OH excluding ortho intramolecular Hbond substituents is 1. The van der Waals surface area contributed by atoms with Gasteiger partial charge in [-0.25, -0.2) is 0 Å². The number of aromatic hydroxyl groups is 1. The molecule has 12 heteroatoms. The van der Waals surface area contributed by atoms with Crippen LogP contribution in [0.4, 0.5) is 5.69 Å². The van der Waals surface area contributed by atoms with Crippen LogP contribution in [0.15, 0.2) is 18.2 Å². The second kappa shape index (κ2) is 7.35. The Morgan fingerprint density at radius 3 is 2.10 bits per heavy atom. The molecule has 0 bridgehead atoms. The van der Waals surface area contributed by atoms with E-state index in [2.05, 4.69) is 17.1 Å². The van der Waals surface area contributed by atoms with Crippen LogP contribution in [0, 0.1) is 0 Å². The van der Waals surface area contributed by atoms with Crippen molar-refractivity contribution in [2.24, 2.45) is 0 Å². The normalized spacial score (nSPS) is 11.3. The van der Waals surface area contributed by atoms with Crippen molar-refractivity contribution in [3.05, 3.63) is 18.2 Å². The molecule has 0 unspecified atom stereocenters. The van der Waals surface area contributed by atoms with Crippen molar-refractivity contribution in [2.45, 2.75) is 6.92 Å². The van der Waals surface area contributed by atoms with Crippen molar-refractivity contribution in [1.29, 1.82) is 0 Å². The van der Waals surface area contributed by atoms with E-state index in [1.165, 1.54) is 6.92 Å². The quantitative estimate of drug-likeness (QED) is 0.174. The molecule has 0 saturated heterocycles. The Labute approximate surface area is 121 Å². The van der Waals surface area contributed by atoms with Gasteiger partial charge in [0, 0.05) is 0 Å². The molecule has 1 aromatic rings. The van der Waals surface area contributed by atoms with Crippen LogP contribution in [0.5, 0.6) is 5.75 Å². The molecule has 0 atom stereocenters. The van der Waals surface area contributed by atoms with Gasteiger partial charge in [-0.05, 0) is 11.8 Å². The number of benzene rings is 1. The van der Waals surface area contributed by atoms with E-state index in [9.17, 15) is 13.6 Å². The molecule has 1 aromatic carbocycles. The molecule has 9 nitrogen and oxygen atoms in total. The zero-order chi connectivity index (χ0) is 16.1. The number of carbonyl (C=O) groups excluding carboxylic acids is 1. The predicted octanol–water partition coefficient (Wildman–Crippen LogP) is -1.90. The molecule has 0 aliphatic heterocycles. The third-order valence-corrected chi connectivity index (χ3v) is 3.62. The largest absolute Gasteiger partial charge is 0.325 e. The zero-order valence-electron chi connectivity index (χ0n) is 10.0. The SMILES string of the molecule is CC(=O)Nc1cc([As](=O)(O)O)ccc1O.OP(O)(O)=S. The molecule has 114 valence electrons. The van der Waals surface area contributed by atoms with Gasteiger partial charge in [0.05, 0.1) is 0 Å². The predicted molar refractivity (Wildman–Crippen MR) is 73.9 cm³/mol. The monoisotopic (exact) mass is 389 g/mol. The van der Waals surface area contributed by atoms with Gasteiger partial charge in [-0.1, -0.05) is 0 Å². The van der Waals surface area contributed by atoms with Gasteiger partial charge in [0.15, 0.2) is 0 Å². The van der Waals surface area contributed by atoms with Crippen LogP contribution in [0.1, 0.15) is 6.92 Å². The van der Waals surface area contributed by atoms with Crippen LogP contribution in [-0.4, -0.2) is 48.1 Å². The van der Waals surface area contributed by atoms with Crippen molar-refractivity contribution in [2.75, 3.05) is 5.32 Å². The minimum atomic E-state index is -4.98. The van der Waals surface area contributed by atoms with E-state index in [1.54, 1.807) is 0 Å². The molecule has 0 aliphatic carbocycles. The Bertz CT molecular complexity index is 574. The molecule has 0 aliphatic rings. The molecule has 0 fully saturated rings. The maximum absolute atomic E-state index is 10.9. The molecule has 0 heterocycles. The summed E-state index contributed by atoms with van der Waals surface area (Å²) in [6, 6.07) is 3.32. The van der Waals surface area contributed by atoms with E-state index in [1.807, 2.05) is 0 Å². The number of carbonyl (C=O) groups is 1. The topological polar surface area (TPSA) is 168 Å². The summed E-state index contributed by atoms with van der Waals surface area (Å²) in [5.41, 5.74) is -0.00951. The van der Waals surface area contributed by atoms with Crippen molar-refractivity contribution >= 4 is 48.6 Å². The summed E-state index contributed by atoms with van der Waals surface area (Å²) >= 11 is -1.38. The van der Waals surface area contributed by atoms with Gasteiger partial charge in [0.1, 0.15) is 0 Å². The second-order valence-corrected chi connectivity index (χ2v) is 9.30. The Kier molecular flexibility index (Phi) is 7.09. The number of phenols is 1. The standard InChI is InChI=1S/C8H10AsNO5.H3O3PS/c1-5(11)10-7-4-6(9(13,14)15)2-3-8(7)12;1-4(2,3)5/h2-4,12H,1H3,(H,10,11)(H2,13,14,15);(H3,1,2,3,5). The van der Waals surface area contributed by atoms with Crippen LogP contribution in [0.2, 0.25) is 0 Å². The maximum atomic E-state index is 10.9. The fraction of sp³-hybridized carbons (Fsp3) is 0.125. The minimum absolute atomic E-state index is 0.00951. The van der Waals surface area contributed by atoms with Crippen LogP contribution in [0.25, 0.3) is 0 Å². The number of nitrogens with one attached hydrogen (secondary N) is 1. The van der Waals surface area contributed by atoms with Crippen LogP contribution >= 0.6 is 6.72 Å². The summed E-state index contributed by atoms with van der Waals surface area (Å²) in [7, 11) is 0. The van der Waals surface area contributed by atoms with Gasteiger partial charge >= 0.3 is 94.9 Å². The van der Waals surface area contributed by atoms with Gasteiger partial charge in [-0.2, -0.15) is 0 Å². The first-order valence-corrected chi connectivity index (χ1v) is 10.8. The number of hydrogen-bond donors (Lipinski definition) is 7. The van der Waals surface area contributed by atoms with Gasteiger partial charge < -0.3 is 14.7 Å². The smallest absolute Gasteiger partial charge is 0.319 e. The van der Waals surface area contributed by atoms with Crippen molar-refractivity contribution < 1.29 is 36.5 Å². The van der Waals surface area contributed by atoms with Gasteiger partial charge in [0.25, 0.3) is 0 Å². The average molecular weight is 389 g/mol. The van der Waals surface area contributed by atoms with Crippen molar-refractivity contribution in [1.82, 2.24) is 0 Å². The second-order valence-electron chi connectivity index (χ2n) is 3.44. The molecular formula is C8H13AsNO8PS. The molecule has 0 saturated carbocycles. The van der Waals surface area contributed by atoms with E-state index in [0.717, 1.165) is 18.2 Å². The first-order chi connectivity index (χ1) is 8.80. The first-order valence-electron chi connectivity index (χ1n) is 4.75. The van der Waals surface area contributed by atoms with Crippen LogP contribution in [0.3, 0.4) is 0 Å². The molecule has 0 radical (unpaired) electrons. The average Bonchev–Trinajstić information content (AvgIpc) is 2.16. The summed E-state index contributed by atoms with van der Waals surface area (Å²) < 4.78 is 28.6. The number of rotatable bonds is 2. The van der Waals surface area contributed by atoms with E-state index in [0.29, 0.717) is 0 Å². The van der Waals surface area contributed by atoms with Gasteiger partial charge in [-0.15, -0.1) is 0 Å². The van der Waals surface area contributed by atoms with Crippen LogP contribution in [-0.2, 0) is 20.3 Å². The summed E-state index contributed by atoms with van der Waals surface area (Å²) in [5, 5.41) is 11.6. The van der Waals surface area contributed by atoms with Gasteiger partial charge in [-0.3, -0.25) is 0 Å². The third kappa shape index (κ3) is 9.24. The molecule has 1 rings (SSSR count). The minimum Gasteiger partial charge on any atom is -0.325 e. The van der Waals surface area contributed by atoms with E-state index < -0.39 is 26.8 Å². The maximum Gasteiger partial charge on any atom is 0.319 e. The summed E-state index contributed by atoms with van der Waals surface area (Å²) in [6.45, 7) is -2.57. The van der Waals surface area contributed by atoms with Crippen molar-refractivity contribution in [3.8, 4) is 5.75 Å². The van der Waals surface area contributed by atoms with E-state index in [4.69, 9.17) is 22.9 Å². The fourth-order valence-electron chi connectivity index (χ4n) is 0.995. The summed E-state index contributed by atoms with van der Waals surface area (Å²) in [6.07, 6.45) is 0. The van der Waals surface area contributed by atoms with Crippen molar-refractivity contribution in [3.63, 3.8) is 0 Å². The zero-order valence-corrected chi connectivity index (χ0v) is 13.6. The molecule has 0 aromatic heterocycles. The molecular weight excluding hydrogens is 376 g/mol. The summed E-state index contributed by atoms with van der Waals surface area (Å²) in [5.74, 6) is -0.668. The molecule has 0 spiro atoms. The molecule has 20 heavy (non-hydrogen) atoms. The van der Waals surface area contributed by atoms with E-state index >= 15 is 0 Å². The Morgan fingerprint density at radius 1 is 1.30 bits per heavy atom. The Balaban J connectivity index is 0.000000621. The number of hydrogen-bond acceptors (Lipinski definition) is 4. The van der Waals surface area contributed by atoms with Crippen LogP contribution < -0.4 is 9.67 Å². The Morgan fingerprint density at radius 2 is 1.75 bits per heavy atom. The Hall–Kier alpha value is -0.702.